The monoisotopic (exact) mass is 338 g/mol. The van der Waals surface area contributed by atoms with Crippen LogP contribution < -0.4 is 15.8 Å². The molecule has 118 valence electrons. The van der Waals surface area contributed by atoms with Gasteiger partial charge in [0.2, 0.25) is 0 Å². The van der Waals surface area contributed by atoms with Crippen molar-refractivity contribution >= 4 is 34.5 Å². The number of thiophene rings is 1. The van der Waals surface area contributed by atoms with Gasteiger partial charge in [-0.1, -0.05) is 31.5 Å². The number of anilines is 1. The van der Waals surface area contributed by atoms with Gasteiger partial charge in [-0.25, -0.2) is 0 Å². The summed E-state index contributed by atoms with van der Waals surface area (Å²) in [5.41, 5.74) is 6.35. The summed E-state index contributed by atoms with van der Waals surface area (Å²) in [4.78, 5) is 13.6. The number of carbonyl (C=O) groups excluding carboxylic acids is 1. The molecule has 1 heterocycles. The molecular weight excluding hydrogens is 320 g/mol. The first-order chi connectivity index (χ1) is 10.3. The maximum absolute atomic E-state index is 12.4. The molecule has 1 amide bonds. The number of hydrogen-bond donors (Lipinski definition) is 2. The second-order valence-electron chi connectivity index (χ2n) is 5.62. The Labute approximate surface area is 139 Å². The number of hydrogen-bond acceptors (Lipinski definition) is 4. The summed E-state index contributed by atoms with van der Waals surface area (Å²) in [7, 11) is 1.50. The quantitative estimate of drug-likeness (QED) is 0.817. The van der Waals surface area contributed by atoms with Crippen LogP contribution in [0.3, 0.4) is 0 Å². The molecule has 0 aliphatic carbocycles. The lowest BCUT2D eigenvalue weighted by atomic mass is 9.91. The number of ether oxygens (including phenoxy) is 1. The molecule has 0 aliphatic heterocycles. The van der Waals surface area contributed by atoms with Gasteiger partial charge >= 0.3 is 0 Å². The Kier molecular flexibility index (Phi) is 4.98. The summed E-state index contributed by atoms with van der Waals surface area (Å²) in [5.74, 6) is 0.178. The zero-order valence-corrected chi connectivity index (χ0v) is 14.3. The Bertz CT molecular complexity index is 669. The molecule has 0 radical (unpaired) electrons. The third kappa shape index (κ3) is 3.54. The summed E-state index contributed by atoms with van der Waals surface area (Å²) in [6.45, 7) is 4.69. The van der Waals surface area contributed by atoms with Crippen molar-refractivity contribution in [2.45, 2.75) is 19.3 Å². The van der Waals surface area contributed by atoms with Crippen LogP contribution >= 0.6 is 22.9 Å². The molecule has 1 aromatic heterocycles. The van der Waals surface area contributed by atoms with Gasteiger partial charge in [-0.2, -0.15) is 0 Å². The number of methoxy groups -OCH3 is 1. The lowest BCUT2D eigenvalue weighted by molar-refractivity contribution is 0.0943. The molecule has 0 atom stereocenters. The number of nitrogens with one attached hydrogen (secondary N) is 1. The van der Waals surface area contributed by atoms with Crippen molar-refractivity contribution in [3.8, 4) is 5.75 Å². The lowest BCUT2D eigenvalue weighted by Gasteiger charge is -2.24. The number of carbonyl (C=O) groups is 1. The Morgan fingerprint density at radius 3 is 2.77 bits per heavy atom. The molecule has 0 unspecified atom stereocenters. The Morgan fingerprint density at radius 1 is 1.45 bits per heavy atom. The minimum Gasteiger partial charge on any atom is -0.496 e. The normalized spacial score (nSPS) is 11.3. The minimum absolute atomic E-state index is 0.144. The molecule has 0 bridgehead atoms. The van der Waals surface area contributed by atoms with E-state index in [4.69, 9.17) is 22.1 Å². The number of nitrogens with two attached hydrogens (primary N) is 1. The Hall–Kier alpha value is -1.72. The van der Waals surface area contributed by atoms with Crippen molar-refractivity contribution < 1.29 is 9.53 Å². The average Bonchev–Trinajstić information content (AvgIpc) is 3.02. The molecule has 22 heavy (non-hydrogen) atoms. The first kappa shape index (κ1) is 16.6. The average molecular weight is 339 g/mol. The van der Waals surface area contributed by atoms with E-state index in [0.29, 0.717) is 28.6 Å². The molecule has 2 rings (SSSR count). The smallest absolute Gasteiger partial charge is 0.255 e. The van der Waals surface area contributed by atoms with E-state index in [1.807, 2.05) is 11.4 Å². The maximum atomic E-state index is 12.4. The van der Waals surface area contributed by atoms with Gasteiger partial charge in [0.25, 0.3) is 5.91 Å². The molecule has 0 aliphatic rings. The van der Waals surface area contributed by atoms with Crippen LogP contribution in [0.25, 0.3) is 0 Å². The molecular formula is C16H19ClN2O2S. The van der Waals surface area contributed by atoms with Crippen molar-refractivity contribution in [1.82, 2.24) is 5.32 Å². The predicted octanol–water partition coefficient (Wildman–Crippen LogP) is 3.70. The van der Waals surface area contributed by atoms with E-state index in [9.17, 15) is 4.79 Å². The number of nitrogen functional groups attached to an aromatic ring is 1. The van der Waals surface area contributed by atoms with Crippen LogP contribution in [0.1, 0.15) is 29.1 Å². The molecule has 6 heteroatoms. The molecule has 0 saturated heterocycles. The molecule has 3 N–H and O–H groups in total. The van der Waals surface area contributed by atoms with Gasteiger partial charge in [0, 0.05) is 22.9 Å². The Morgan fingerprint density at radius 2 is 2.18 bits per heavy atom. The molecule has 4 nitrogen and oxygen atoms in total. The fourth-order valence-corrected chi connectivity index (χ4v) is 3.08. The number of halogens is 1. The summed E-state index contributed by atoms with van der Waals surface area (Å²) in [5, 5.41) is 5.30. The van der Waals surface area contributed by atoms with E-state index in [0.717, 1.165) is 0 Å². The van der Waals surface area contributed by atoms with Crippen LogP contribution in [0.2, 0.25) is 5.02 Å². The van der Waals surface area contributed by atoms with Gasteiger partial charge in [-0.05, 0) is 17.5 Å². The maximum Gasteiger partial charge on any atom is 0.255 e. The van der Waals surface area contributed by atoms with E-state index >= 15 is 0 Å². The topological polar surface area (TPSA) is 64.3 Å². The van der Waals surface area contributed by atoms with Crippen molar-refractivity contribution in [2.24, 2.45) is 0 Å². The summed E-state index contributed by atoms with van der Waals surface area (Å²) in [6.07, 6.45) is 0. The van der Waals surface area contributed by atoms with Crippen molar-refractivity contribution in [3.63, 3.8) is 0 Å². The zero-order valence-electron chi connectivity index (χ0n) is 12.8. The summed E-state index contributed by atoms with van der Waals surface area (Å²) >= 11 is 7.68. The lowest BCUT2D eigenvalue weighted by Crippen LogP contribution is -2.36. The fourth-order valence-electron chi connectivity index (χ4n) is 2.06. The first-order valence-electron chi connectivity index (χ1n) is 6.80. The fraction of sp³-hybridized carbons (Fsp3) is 0.312. The van der Waals surface area contributed by atoms with E-state index in [1.165, 1.54) is 18.1 Å². The molecule has 0 spiro atoms. The highest BCUT2D eigenvalue weighted by Crippen LogP contribution is 2.30. The van der Waals surface area contributed by atoms with Crippen molar-refractivity contribution in [2.75, 3.05) is 19.4 Å². The number of amides is 1. The SMILES string of the molecule is COc1cc(N)c(Cl)cc1C(=O)NCC(C)(C)c1cccs1. The van der Waals surface area contributed by atoms with Gasteiger partial charge in [0.1, 0.15) is 5.75 Å². The number of rotatable bonds is 5. The predicted molar refractivity (Wildman–Crippen MR) is 92.1 cm³/mol. The van der Waals surface area contributed by atoms with Crippen LogP contribution in [0.5, 0.6) is 5.75 Å². The summed E-state index contributed by atoms with van der Waals surface area (Å²) < 4.78 is 5.21. The zero-order chi connectivity index (χ0) is 16.3. The van der Waals surface area contributed by atoms with Gasteiger partial charge in [0.05, 0.1) is 23.4 Å². The van der Waals surface area contributed by atoms with Gasteiger partial charge in [-0.15, -0.1) is 11.3 Å². The van der Waals surface area contributed by atoms with Gasteiger partial charge < -0.3 is 15.8 Å². The highest BCUT2D eigenvalue weighted by atomic mass is 35.5. The molecule has 2 aromatic rings. The molecule has 0 fully saturated rings. The van der Waals surface area contributed by atoms with E-state index in [1.54, 1.807) is 17.4 Å². The van der Waals surface area contributed by atoms with Crippen LogP contribution in [-0.4, -0.2) is 19.6 Å². The summed E-state index contributed by atoms with van der Waals surface area (Å²) in [6, 6.07) is 7.16. The molecule has 1 aromatic carbocycles. The van der Waals surface area contributed by atoms with E-state index in [-0.39, 0.29) is 11.3 Å². The second-order valence-corrected chi connectivity index (χ2v) is 6.97. The Balaban J connectivity index is 2.15. The standard InChI is InChI=1S/C16H19ClN2O2S/c1-16(2,14-5-4-6-22-14)9-19-15(20)10-7-11(17)12(18)8-13(10)21-3/h4-8H,9,18H2,1-3H3,(H,19,20). The van der Waals surface area contributed by atoms with Crippen LogP contribution in [-0.2, 0) is 5.41 Å². The van der Waals surface area contributed by atoms with E-state index < -0.39 is 0 Å². The largest absolute Gasteiger partial charge is 0.496 e. The van der Waals surface area contributed by atoms with Gasteiger partial charge in [0.15, 0.2) is 0 Å². The number of benzene rings is 1. The second kappa shape index (κ2) is 6.58. The highest BCUT2D eigenvalue weighted by Gasteiger charge is 2.24. The van der Waals surface area contributed by atoms with Crippen molar-refractivity contribution in [1.29, 1.82) is 0 Å². The third-order valence-corrected chi connectivity index (χ3v) is 5.01. The van der Waals surface area contributed by atoms with Crippen molar-refractivity contribution in [3.05, 3.63) is 45.1 Å². The third-order valence-electron chi connectivity index (χ3n) is 3.44. The van der Waals surface area contributed by atoms with Crippen LogP contribution in [0.4, 0.5) is 5.69 Å². The minimum atomic E-state index is -0.233. The highest BCUT2D eigenvalue weighted by molar-refractivity contribution is 7.10. The first-order valence-corrected chi connectivity index (χ1v) is 8.06. The van der Waals surface area contributed by atoms with E-state index in [2.05, 4.69) is 25.2 Å². The van der Waals surface area contributed by atoms with Crippen LogP contribution in [0, 0.1) is 0 Å². The molecule has 0 saturated carbocycles. The van der Waals surface area contributed by atoms with Crippen LogP contribution in [0.15, 0.2) is 29.6 Å². The van der Waals surface area contributed by atoms with Gasteiger partial charge in [-0.3, -0.25) is 4.79 Å².